The van der Waals surface area contributed by atoms with E-state index in [1.54, 1.807) is 30.3 Å². The normalized spacial score (nSPS) is 12.3. The number of benzene rings is 3. The quantitative estimate of drug-likeness (QED) is 0.274. The van der Waals surface area contributed by atoms with E-state index in [9.17, 15) is 18.0 Å². The Hall–Kier alpha value is -3.65. The van der Waals surface area contributed by atoms with Gasteiger partial charge >= 0.3 is 0 Å². The van der Waals surface area contributed by atoms with Crippen molar-refractivity contribution >= 4 is 27.5 Å². The Kier molecular flexibility index (Phi) is 11.1. The van der Waals surface area contributed by atoms with E-state index in [4.69, 9.17) is 0 Å². The number of sulfonamides is 1. The van der Waals surface area contributed by atoms with Crippen LogP contribution in [0.25, 0.3) is 0 Å². The van der Waals surface area contributed by atoms with Crippen molar-refractivity contribution in [2.24, 2.45) is 5.92 Å². The molecule has 0 unspecified atom stereocenters. The third-order valence-electron chi connectivity index (χ3n) is 6.96. The minimum atomic E-state index is -4.08. The van der Waals surface area contributed by atoms with E-state index in [1.807, 2.05) is 64.1 Å². The summed E-state index contributed by atoms with van der Waals surface area (Å²) in [5, 5.41) is 2.96. The minimum Gasteiger partial charge on any atom is -0.354 e. The van der Waals surface area contributed by atoms with Crippen molar-refractivity contribution in [1.29, 1.82) is 0 Å². The monoisotopic (exact) mass is 577 g/mol. The number of hydrogen-bond acceptors (Lipinski definition) is 4. The van der Waals surface area contributed by atoms with Crippen LogP contribution in [0, 0.1) is 12.8 Å². The highest BCUT2D eigenvalue weighted by Crippen LogP contribution is 2.27. The summed E-state index contributed by atoms with van der Waals surface area (Å²) in [5.74, 6) is -0.187. The number of carbonyl (C=O) groups is 2. The second-order valence-corrected chi connectivity index (χ2v) is 13.0. The van der Waals surface area contributed by atoms with Gasteiger partial charge in [-0.2, -0.15) is 0 Å². The number of nitrogens with zero attached hydrogens (tertiary/aromatic N) is 2. The number of amides is 2. The molecule has 41 heavy (non-hydrogen) atoms. The van der Waals surface area contributed by atoms with Gasteiger partial charge < -0.3 is 10.2 Å². The highest BCUT2D eigenvalue weighted by Gasteiger charge is 2.33. The number of anilines is 1. The van der Waals surface area contributed by atoms with E-state index < -0.39 is 28.5 Å². The average molecular weight is 578 g/mol. The van der Waals surface area contributed by atoms with Crippen LogP contribution in [-0.4, -0.2) is 44.3 Å². The molecule has 0 bridgehead atoms. The molecule has 3 aromatic rings. The van der Waals surface area contributed by atoms with Gasteiger partial charge in [0.2, 0.25) is 11.8 Å². The Bertz CT molecular complexity index is 1400. The summed E-state index contributed by atoms with van der Waals surface area (Å²) >= 11 is 0. The van der Waals surface area contributed by atoms with Crippen molar-refractivity contribution in [2.75, 3.05) is 17.4 Å². The van der Waals surface area contributed by atoms with Gasteiger partial charge in [-0.3, -0.25) is 13.9 Å². The van der Waals surface area contributed by atoms with Gasteiger partial charge in [0.15, 0.2) is 0 Å². The summed E-state index contributed by atoms with van der Waals surface area (Å²) in [6.45, 7) is 12.2. The maximum absolute atomic E-state index is 14.2. The van der Waals surface area contributed by atoms with Gasteiger partial charge in [-0.1, -0.05) is 94.8 Å². The molecule has 3 rings (SSSR count). The molecule has 0 saturated heterocycles. The predicted molar refractivity (Wildman–Crippen MR) is 165 cm³/mol. The second kappa shape index (κ2) is 14.3. The van der Waals surface area contributed by atoms with Crippen LogP contribution in [0.1, 0.15) is 63.6 Å². The fraction of sp³-hybridized carbons (Fsp3) is 0.394. The molecular weight excluding hydrogens is 534 g/mol. The fourth-order valence-corrected chi connectivity index (χ4v) is 6.06. The van der Waals surface area contributed by atoms with Gasteiger partial charge in [-0.05, 0) is 60.6 Å². The molecule has 0 spiro atoms. The number of nitrogens with one attached hydrogen (secondary N) is 1. The van der Waals surface area contributed by atoms with E-state index >= 15 is 0 Å². The molecule has 0 heterocycles. The Balaban J connectivity index is 2.05. The van der Waals surface area contributed by atoms with Crippen LogP contribution in [0.5, 0.6) is 0 Å². The zero-order valence-electron chi connectivity index (χ0n) is 25.0. The van der Waals surface area contributed by atoms with Crippen LogP contribution in [0.4, 0.5) is 5.69 Å². The van der Waals surface area contributed by atoms with Crippen molar-refractivity contribution < 1.29 is 18.0 Å². The van der Waals surface area contributed by atoms with Crippen LogP contribution >= 0.6 is 0 Å². The second-order valence-electron chi connectivity index (χ2n) is 11.1. The third kappa shape index (κ3) is 8.43. The van der Waals surface area contributed by atoms with Crippen molar-refractivity contribution in [2.45, 2.75) is 71.4 Å². The molecule has 0 aliphatic carbocycles. The summed E-state index contributed by atoms with van der Waals surface area (Å²) in [4.78, 5) is 29.1. The first-order chi connectivity index (χ1) is 19.4. The van der Waals surface area contributed by atoms with Crippen LogP contribution in [0.15, 0.2) is 83.8 Å². The molecule has 0 saturated carbocycles. The number of hydrogen-bond donors (Lipinski definition) is 1. The zero-order chi connectivity index (χ0) is 30.2. The van der Waals surface area contributed by atoms with Crippen molar-refractivity contribution in [3.8, 4) is 0 Å². The maximum atomic E-state index is 14.2. The molecule has 1 N–H and O–H groups in total. The smallest absolute Gasteiger partial charge is 0.264 e. The molecule has 0 fully saturated rings. The molecule has 0 aliphatic heterocycles. The van der Waals surface area contributed by atoms with Gasteiger partial charge in [0.1, 0.15) is 12.6 Å². The SMILES string of the molecule is CC[C@@H](C(=O)NCC(C)C)N(Cc1cccc(C)c1)C(=O)CN(c1ccc(C(C)C)cc1)S(=O)(=O)c1ccccc1. The summed E-state index contributed by atoms with van der Waals surface area (Å²) in [5.41, 5.74) is 3.35. The number of aryl methyl sites for hydroxylation is 1. The lowest BCUT2D eigenvalue weighted by Crippen LogP contribution is -2.52. The van der Waals surface area contributed by atoms with Crippen LogP contribution < -0.4 is 9.62 Å². The molecule has 7 nitrogen and oxygen atoms in total. The first-order valence-corrected chi connectivity index (χ1v) is 15.7. The molecule has 2 amide bonds. The van der Waals surface area contributed by atoms with E-state index in [1.165, 1.54) is 17.0 Å². The van der Waals surface area contributed by atoms with Crippen molar-refractivity contribution in [1.82, 2.24) is 10.2 Å². The van der Waals surface area contributed by atoms with Gasteiger partial charge in [-0.15, -0.1) is 0 Å². The first kappa shape index (κ1) is 31.9. The lowest BCUT2D eigenvalue weighted by molar-refractivity contribution is -0.140. The summed E-state index contributed by atoms with van der Waals surface area (Å²) in [6.07, 6.45) is 0.385. The van der Waals surface area contributed by atoms with Crippen molar-refractivity contribution in [3.05, 3.63) is 95.6 Å². The van der Waals surface area contributed by atoms with E-state index in [2.05, 4.69) is 19.2 Å². The van der Waals surface area contributed by atoms with Crippen molar-refractivity contribution in [3.63, 3.8) is 0 Å². The summed E-state index contributed by atoms with van der Waals surface area (Å²) < 4.78 is 29.0. The van der Waals surface area contributed by atoms with Gasteiger partial charge in [0.25, 0.3) is 10.0 Å². The van der Waals surface area contributed by atoms with E-state index in [-0.39, 0.29) is 29.2 Å². The lowest BCUT2D eigenvalue weighted by Gasteiger charge is -2.33. The minimum absolute atomic E-state index is 0.0905. The molecule has 3 aromatic carbocycles. The highest BCUT2D eigenvalue weighted by atomic mass is 32.2. The van der Waals surface area contributed by atoms with Crippen LogP contribution in [0.2, 0.25) is 0 Å². The highest BCUT2D eigenvalue weighted by molar-refractivity contribution is 7.92. The summed E-state index contributed by atoms with van der Waals surface area (Å²) in [6, 6.07) is 22.4. The number of carbonyl (C=O) groups excluding carboxylic acids is 2. The molecule has 0 aromatic heterocycles. The van der Waals surface area contributed by atoms with E-state index in [0.29, 0.717) is 18.7 Å². The third-order valence-corrected chi connectivity index (χ3v) is 8.75. The Morgan fingerprint density at radius 1 is 0.878 bits per heavy atom. The van der Waals surface area contributed by atoms with Gasteiger partial charge in [-0.25, -0.2) is 8.42 Å². The average Bonchev–Trinajstić information content (AvgIpc) is 2.95. The molecular formula is C33H43N3O4S. The molecule has 0 radical (unpaired) electrons. The fourth-order valence-electron chi connectivity index (χ4n) is 4.62. The van der Waals surface area contributed by atoms with Gasteiger partial charge in [0.05, 0.1) is 10.6 Å². The van der Waals surface area contributed by atoms with E-state index in [0.717, 1.165) is 21.0 Å². The largest absolute Gasteiger partial charge is 0.354 e. The standard InChI is InChI=1S/C33H43N3O4S/c1-7-31(33(38)34-21-24(2)3)35(22-27-13-11-12-26(6)20-27)32(37)23-36(29-18-16-28(17-19-29)25(4)5)41(39,40)30-14-9-8-10-15-30/h8-20,24-25,31H,7,21-23H2,1-6H3,(H,34,38)/t31-/m0/s1. The molecule has 1 atom stereocenters. The van der Waals surface area contributed by atoms with Gasteiger partial charge in [0, 0.05) is 13.1 Å². The number of rotatable bonds is 13. The van der Waals surface area contributed by atoms with Crippen LogP contribution in [-0.2, 0) is 26.2 Å². The zero-order valence-corrected chi connectivity index (χ0v) is 25.8. The Labute approximate surface area is 245 Å². The Morgan fingerprint density at radius 3 is 2.10 bits per heavy atom. The lowest BCUT2D eigenvalue weighted by atomic mass is 10.0. The molecule has 0 aliphatic rings. The topological polar surface area (TPSA) is 86.8 Å². The van der Waals surface area contributed by atoms with Crippen LogP contribution in [0.3, 0.4) is 0 Å². The summed E-state index contributed by atoms with van der Waals surface area (Å²) in [7, 11) is -4.08. The molecule has 8 heteroatoms. The Morgan fingerprint density at radius 2 is 1.54 bits per heavy atom. The first-order valence-electron chi connectivity index (χ1n) is 14.2. The maximum Gasteiger partial charge on any atom is 0.264 e. The predicted octanol–water partition coefficient (Wildman–Crippen LogP) is 5.89. The molecule has 220 valence electrons.